The van der Waals surface area contributed by atoms with Gasteiger partial charge in [0.1, 0.15) is 0 Å². The van der Waals surface area contributed by atoms with Crippen molar-refractivity contribution in [1.82, 2.24) is 19.7 Å². The number of likely N-dealkylation sites (tertiary alicyclic amines) is 1. The van der Waals surface area contributed by atoms with Crippen LogP contribution >= 0.6 is 11.3 Å². The molecule has 222 valence electrons. The van der Waals surface area contributed by atoms with Gasteiger partial charge in [-0.1, -0.05) is 23.5 Å². The fourth-order valence-electron chi connectivity index (χ4n) is 5.28. The van der Waals surface area contributed by atoms with Crippen molar-refractivity contribution in [3.05, 3.63) is 60.2 Å². The summed E-state index contributed by atoms with van der Waals surface area (Å²) in [6.07, 6.45) is 4.56. The van der Waals surface area contributed by atoms with Gasteiger partial charge in [-0.3, -0.25) is 19.3 Å². The van der Waals surface area contributed by atoms with Crippen LogP contribution in [0.2, 0.25) is 0 Å². The molecule has 2 fully saturated rings. The lowest BCUT2D eigenvalue weighted by Gasteiger charge is -2.41. The number of rotatable bonds is 9. The van der Waals surface area contributed by atoms with E-state index in [1.54, 1.807) is 18.2 Å². The second kappa shape index (κ2) is 13.5. The van der Waals surface area contributed by atoms with Gasteiger partial charge in [0.25, 0.3) is 5.91 Å². The number of hydrogen-bond acceptors (Lipinski definition) is 9. The Morgan fingerprint density at radius 2 is 1.74 bits per heavy atom. The summed E-state index contributed by atoms with van der Waals surface area (Å²) >= 11 is 1.33. The number of ether oxygens (including phenoxy) is 1. The number of anilines is 1. The van der Waals surface area contributed by atoms with Crippen LogP contribution in [-0.4, -0.2) is 96.2 Å². The zero-order valence-electron chi connectivity index (χ0n) is 24.3. The molecule has 3 heterocycles. The number of hydroxylamine groups is 1. The van der Waals surface area contributed by atoms with Crippen molar-refractivity contribution in [2.75, 3.05) is 58.0 Å². The van der Waals surface area contributed by atoms with E-state index >= 15 is 0 Å². The third kappa shape index (κ3) is 6.97. The van der Waals surface area contributed by atoms with Crippen molar-refractivity contribution in [1.29, 1.82) is 0 Å². The highest BCUT2D eigenvalue weighted by Crippen LogP contribution is 2.34. The van der Waals surface area contributed by atoms with Crippen LogP contribution in [-0.2, 0) is 9.59 Å². The number of hydrogen-bond donors (Lipinski definition) is 0. The summed E-state index contributed by atoms with van der Waals surface area (Å²) < 4.78 is 6.68. The first-order chi connectivity index (χ1) is 20.3. The van der Waals surface area contributed by atoms with Crippen LogP contribution in [0.3, 0.4) is 0 Å². The number of allylic oxidation sites excluding steroid dienone is 1. The number of para-hydroxylation sites is 1. The van der Waals surface area contributed by atoms with E-state index in [0.717, 1.165) is 54.3 Å². The van der Waals surface area contributed by atoms with E-state index in [4.69, 9.17) is 9.57 Å². The molecule has 3 aromatic rings. The van der Waals surface area contributed by atoms with Crippen molar-refractivity contribution >= 4 is 44.3 Å². The lowest BCUT2D eigenvalue weighted by atomic mass is 10.0. The molecule has 0 saturated carbocycles. The summed E-state index contributed by atoms with van der Waals surface area (Å²) in [5.41, 5.74) is 1.11. The number of likely N-dealkylation sites (N-methyl/N-ethyl adjacent to an activating group) is 1. The summed E-state index contributed by atoms with van der Waals surface area (Å²) in [7, 11) is 2.15. The van der Waals surface area contributed by atoms with Crippen molar-refractivity contribution < 1.29 is 24.0 Å². The number of carbonyl (C=O) groups is 3. The van der Waals surface area contributed by atoms with Crippen LogP contribution in [0, 0.1) is 0 Å². The minimum absolute atomic E-state index is 0.155. The van der Waals surface area contributed by atoms with E-state index in [1.165, 1.54) is 30.4 Å². The molecule has 2 saturated heterocycles. The number of aromatic nitrogens is 1. The van der Waals surface area contributed by atoms with Gasteiger partial charge in [0.05, 0.1) is 16.8 Å². The van der Waals surface area contributed by atoms with Crippen molar-refractivity contribution in [2.24, 2.45) is 0 Å². The van der Waals surface area contributed by atoms with Gasteiger partial charge in [0.15, 0.2) is 17.3 Å². The molecule has 42 heavy (non-hydrogen) atoms. The highest BCUT2D eigenvalue weighted by molar-refractivity contribution is 7.22. The van der Waals surface area contributed by atoms with Crippen molar-refractivity contribution in [2.45, 2.75) is 32.7 Å². The number of benzene rings is 2. The molecular weight excluding hydrogens is 554 g/mol. The maximum Gasteiger partial charge on any atom is 0.259 e. The molecular formula is C31H37N5O5S. The Morgan fingerprint density at radius 3 is 2.43 bits per heavy atom. The number of carbonyl (C=O) groups excluding carboxylic acids is 3. The van der Waals surface area contributed by atoms with E-state index in [9.17, 15) is 14.4 Å². The SMILES string of the molecule is CCOc1cc(C(=O)C=CC(=O)N2CCC(N3CCN(C)CC3)CC2)ccc1ON(C(C)=O)c1nc2ccccc2s1. The lowest BCUT2D eigenvalue weighted by Crippen LogP contribution is -2.52. The van der Waals surface area contributed by atoms with Crippen LogP contribution in [0.1, 0.15) is 37.0 Å². The standard InChI is InChI=1S/C31H37N5O5S/c1-4-40-28-21-23(9-11-27(28)41-36(22(2)37)31-32-25-7-5-6-8-29(25)42-31)26(38)10-12-30(39)35-15-13-24(14-16-35)34-19-17-33(3)18-20-34/h5-12,21,24H,4,13-20H2,1-3H3. The fraction of sp³-hybridized carbons (Fsp3) is 0.419. The molecule has 0 spiro atoms. The molecule has 1 aromatic heterocycles. The van der Waals surface area contributed by atoms with E-state index in [-0.39, 0.29) is 23.3 Å². The Hall–Kier alpha value is -3.80. The number of piperidine rings is 1. The smallest absolute Gasteiger partial charge is 0.259 e. The Bertz CT molecular complexity index is 1420. The van der Waals surface area contributed by atoms with E-state index in [0.29, 0.717) is 42.2 Å². The van der Waals surface area contributed by atoms with E-state index in [2.05, 4.69) is 21.8 Å². The third-order valence-electron chi connectivity index (χ3n) is 7.67. The van der Waals surface area contributed by atoms with Gasteiger partial charge >= 0.3 is 0 Å². The van der Waals surface area contributed by atoms with Gasteiger partial charge in [-0.2, -0.15) is 0 Å². The molecule has 11 heteroatoms. The predicted molar refractivity (Wildman–Crippen MR) is 163 cm³/mol. The average molecular weight is 592 g/mol. The highest BCUT2D eigenvalue weighted by Gasteiger charge is 2.28. The molecule has 0 atom stereocenters. The predicted octanol–water partition coefficient (Wildman–Crippen LogP) is 4.02. The summed E-state index contributed by atoms with van der Waals surface area (Å²) in [6.45, 7) is 9.24. The van der Waals surface area contributed by atoms with Crippen molar-refractivity contribution in [3.8, 4) is 11.5 Å². The van der Waals surface area contributed by atoms with Crippen LogP contribution in [0.5, 0.6) is 11.5 Å². The summed E-state index contributed by atoms with van der Waals surface area (Å²) in [4.78, 5) is 55.5. The zero-order chi connectivity index (χ0) is 29.6. The maximum absolute atomic E-state index is 13.0. The first-order valence-electron chi connectivity index (χ1n) is 14.4. The molecule has 2 aliphatic rings. The highest BCUT2D eigenvalue weighted by atomic mass is 32.1. The molecule has 0 bridgehead atoms. The Balaban J connectivity index is 1.22. The second-order valence-corrected chi connectivity index (χ2v) is 11.6. The van der Waals surface area contributed by atoms with Crippen LogP contribution < -0.4 is 14.6 Å². The largest absolute Gasteiger partial charge is 0.490 e. The molecule has 2 aliphatic heterocycles. The number of piperazine rings is 1. The van der Waals surface area contributed by atoms with E-state index in [1.807, 2.05) is 36.1 Å². The molecule has 0 unspecified atom stereocenters. The number of ketones is 1. The molecule has 2 aromatic carbocycles. The molecule has 0 N–H and O–H groups in total. The second-order valence-electron chi connectivity index (χ2n) is 10.6. The summed E-state index contributed by atoms with van der Waals surface area (Å²) in [5, 5.41) is 1.51. The fourth-order valence-corrected chi connectivity index (χ4v) is 6.23. The van der Waals surface area contributed by atoms with Crippen LogP contribution in [0.4, 0.5) is 5.13 Å². The van der Waals surface area contributed by atoms with Crippen LogP contribution in [0.15, 0.2) is 54.6 Å². The van der Waals surface area contributed by atoms with Gasteiger partial charge in [-0.25, -0.2) is 4.98 Å². The van der Waals surface area contributed by atoms with Gasteiger partial charge < -0.3 is 19.4 Å². The minimum atomic E-state index is -0.356. The normalized spacial score (nSPS) is 17.1. The number of fused-ring (bicyclic) bond motifs is 1. The maximum atomic E-state index is 13.0. The molecule has 10 nitrogen and oxygen atoms in total. The Kier molecular flexibility index (Phi) is 9.51. The van der Waals surface area contributed by atoms with Gasteiger partial charge in [0, 0.05) is 63.9 Å². The molecule has 2 amide bonds. The van der Waals surface area contributed by atoms with Gasteiger partial charge in [0.2, 0.25) is 11.0 Å². The first-order valence-corrected chi connectivity index (χ1v) is 15.2. The molecule has 0 radical (unpaired) electrons. The van der Waals surface area contributed by atoms with Crippen molar-refractivity contribution in [3.63, 3.8) is 0 Å². The Morgan fingerprint density at radius 1 is 1.00 bits per heavy atom. The quantitative estimate of drug-likeness (QED) is 0.209. The van der Waals surface area contributed by atoms with E-state index < -0.39 is 0 Å². The molecule has 5 rings (SSSR count). The lowest BCUT2D eigenvalue weighted by molar-refractivity contribution is -0.127. The monoisotopic (exact) mass is 591 g/mol. The number of thiazole rings is 1. The first kappa shape index (κ1) is 29.7. The van der Waals surface area contributed by atoms with Gasteiger partial charge in [-0.05, 0) is 63.2 Å². The third-order valence-corrected chi connectivity index (χ3v) is 8.67. The summed E-state index contributed by atoms with van der Waals surface area (Å²) in [6, 6.07) is 12.8. The minimum Gasteiger partial charge on any atom is -0.490 e. The number of nitrogens with zero attached hydrogens (tertiary/aromatic N) is 5. The molecule has 0 aliphatic carbocycles. The topological polar surface area (TPSA) is 95.5 Å². The van der Waals surface area contributed by atoms with Crippen LogP contribution in [0.25, 0.3) is 10.2 Å². The Labute approximate surface area is 250 Å². The summed E-state index contributed by atoms with van der Waals surface area (Å²) in [5.74, 6) is -0.255. The average Bonchev–Trinajstić information content (AvgIpc) is 3.43. The van der Waals surface area contributed by atoms with Gasteiger partial charge in [-0.15, -0.1) is 5.06 Å². The zero-order valence-corrected chi connectivity index (χ0v) is 25.1. The number of amides is 2.